The van der Waals surface area contributed by atoms with Crippen LogP contribution in [0.3, 0.4) is 0 Å². The van der Waals surface area contributed by atoms with Crippen LogP contribution in [0.25, 0.3) is 0 Å². The molecule has 7 nitrogen and oxygen atoms in total. The van der Waals surface area contributed by atoms with E-state index < -0.39 is 16.1 Å². The molecule has 3 rings (SSSR count). The summed E-state index contributed by atoms with van der Waals surface area (Å²) in [5.41, 5.74) is 1.56. The van der Waals surface area contributed by atoms with Crippen molar-refractivity contribution in [2.75, 3.05) is 38.6 Å². The second-order valence-corrected chi connectivity index (χ2v) is 9.56. The number of carbonyl (C=O) groups excluding carboxylic acids is 1. The number of nitrogens with zero attached hydrogens (tertiary/aromatic N) is 2. The number of nitrogens with one attached hydrogen (secondary N) is 1. The molecule has 1 N–H and O–H groups in total. The van der Waals surface area contributed by atoms with Crippen LogP contribution in [0.2, 0.25) is 5.02 Å². The summed E-state index contributed by atoms with van der Waals surface area (Å²) in [6.45, 7) is 4.87. The van der Waals surface area contributed by atoms with E-state index in [-0.39, 0.29) is 23.9 Å². The lowest BCUT2D eigenvalue weighted by atomic mass is 10.1. The maximum atomic E-state index is 12.9. The van der Waals surface area contributed by atoms with Crippen molar-refractivity contribution in [2.45, 2.75) is 24.8 Å². The van der Waals surface area contributed by atoms with E-state index in [0.29, 0.717) is 29.5 Å². The van der Waals surface area contributed by atoms with Gasteiger partial charge in [0.15, 0.2) is 0 Å². The third-order valence-electron chi connectivity index (χ3n) is 5.15. The van der Waals surface area contributed by atoms with Gasteiger partial charge in [0.05, 0.1) is 17.7 Å². The molecule has 0 spiro atoms. The first-order valence-electron chi connectivity index (χ1n) is 9.68. The van der Waals surface area contributed by atoms with Crippen LogP contribution in [0.4, 0.5) is 5.69 Å². The smallest absolute Gasteiger partial charge is 0.244 e. The van der Waals surface area contributed by atoms with Gasteiger partial charge in [0.1, 0.15) is 11.8 Å². The molecule has 1 aliphatic heterocycles. The molecule has 2 aromatic carbocycles. The first kappa shape index (κ1) is 22.4. The minimum Gasteiger partial charge on any atom is -0.495 e. The van der Waals surface area contributed by atoms with Gasteiger partial charge in [-0.25, -0.2) is 8.42 Å². The van der Waals surface area contributed by atoms with Crippen LogP contribution in [-0.4, -0.2) is 62.9 Å². The first-order chi connectivity index (χ1) is 14.2. The molecule has 162 valence electrons. The molecule has 1 amide bonds. The maximum absolute atomic E-state index is 12.9. The monoisotopic (exact) mass is 451 g/mol. The van der Waals surface area contributed by atoms with Crippen molar-refractivity contribution >= 4 is 33.2 Å². The van der Waals surface area contributed by atoms with E-state index in [2.05, 4.69) is 5.32 Å². The fraction of sp³-hybridized carbons (Fsp3) is 0.381. The second kappa shape index (κ2) is 9.24. The lowest BCUT2D eigenvalue weighted by molar-refractivity contribution is -0.132. The zero-order valence-corrected chi connectivity index (χ0v) is 18.8. The van der Waals surface area contributed by atoms with Gasteiger partial charge in [-0.05, 0) is 37.6 Å². The van der Waals surface area contributed by atoms with Gasteiger partial charge in [-0.2, -0.15) is 4.31 Å². The quantitative estimate of drug-likeness (QED) is 0.730. The van der Waals surface area contributed by atoms with Crippen LogP contribution in [0.5, 0.6) is 5.75 Å². The summed E-state index contributed by atoms with van der Waals surface area (Å²) < 4.78 is 32.3. The van der Waals surface area contributed by atoms with Crippen LogP contribution in [0.1, 0.15) is 12.5 Å². The predicted octanol–water partition coefficient (Wildman–Crippen LogP) is 2.99. The van der Waals surface area contributed by atoms with E-state index in [0.717, 1.165) is 5.56 Å². The van der Waals surface area contributed by atoms with Crippen LogP contribution in [-0.2, 0) is 14.8 Å². The molecule has 1 atom stereocenters. The molecule has 1 aliphatic rings. The highest BCUT2D eigenvalue weighted by molar-refractivity contribution is 7.89. The number of hydrogen-bond acceptors (Lipinski definition) is 5. The number of sulfonamides is 1. The number of carbonyl (C=O) groups is 1. The molecule has 0 radical (unpaired) electrons. The number of aryl methyl sites for hydroxylation is 1. The van der Waals surface area contributed by atoms with Gasteiger partial charge in [-0.1, -0.05) is 29.8 Å². The van der Waals surface area contributed by atoms with E-state index >= 15 is 0 Å². The van der Waals surface area contributed by atoms with Gasteiger partial charge < -0.3 is 15.0 Å². The van der Waals surface area contributed by atoms with E-state index in [1.807, 2.05) is 13.0 Å². The second-order valence-electron chi connectivity index (χ2n) is 7.21. The van der Waals surface area contributed by atoms with Crippen molar-refractivity contribution in [3.8, 4) is 5.75 Å². The number of piperazine rings is 1. The van der Waals surface area contributed by atoms with Gasteiger partial charge >= 0.3 is 0 Å². The highest BCUT2D eigenvalue weighted by atomic mass is 35.5. The summed E-state index contributed by atoms with van der Waals surface area (Å²) in [4.78, 5) is 14.9. The number of ether oxygens (including phenoxy) is 1. The Kier molecular flexibility index (Phi) is 6.90. The molecule has 1 heterocycles. The van der Waals surface area contributed by atoms with E-state index in [4.69, 9.17) is 16.3 Å². The van der Waals surface area contributed by atoms with Crippen LogP contribution in [0.15, 0.2) is 47.4 Å². The zero-order valence-electron chi connectivity index (χ0n) is 17.3. The van der Waals surface area contributed by atoms with Crippen molar-refractivity contribution in [2.24, 2.45) is 0 Å². The number of amides is 1. The van der Waals surface area contributed by atoms with Gasteiger partial charge in [0.25, 0.3) is 0 Å². The molecule has 0 aliphatic carbocycles. The van der Waals surface area contributed by atoms with Gasteiger partial charge in [-0.3, -0.25) is 4.79 Å². The molecule has 0 bridgehead atoms. The molecule has 1 saturated heterocycles. The maximum Gasteiger partial charge on any atom is 0.244 e. The molecule has 30 heavy (non-hydrogen) atoms. The number of methoxy groups -OCH3 is 1. The van der Waals surface area contributed by atoms with E-state index in [9.17, 15) is 13.2 Å². The van der Waals surface area contributed by atoms with Crippen molar-refractivity contribution in [1.29, 1.82) is 0 Å². The number of halogens is 1. The molecule has 0 saturated carbocycles. The van der Waals surface area contributed by atoms with Gasteiger partial charge in [0.2, 0.25) is 15.9 Å². The Balaban J connectivity index is 1.63. The molecule has 2 aromatic rings. The fourth-order valence-electron chi connectivity index (χ4n) is 3.40. The largest absolute Gasteiger partial charge is 0.495 e. The number of anilines is 1. The molecule has 1 unspecified atom stereocenters. The standard InChI is InChI=1S/C21H26ClN3O4S/c1-15-13-19(20(29-3)14-18(15)22)23-16(2)21(26)24-9-11-25(12-10-24)30(27,28)17-7-5-4-6-8-17/h4-8,13-14,16,23H,9-12H2,1-3H3. The molecule has 1 fully saturated rings. The Morgan fingerprint density at radius 3 is 2.37 bits per heavy atom. The summed E-state index contributed by atoms with van der Waals surface area (Å²) in [5.74, 6) is 0.463. The summed E-state index contributed by atoms with van der Waals surface area (Å²) in [7, 11) is -2.00. The minimum absolute atomic E-state index is 0.0959. The molecule has 9 heteroatoms. The number of benzene rings is 2. The van der Waals surface area contributed by atoms with Crippen LogP contribution < -0.4 is 10.1 Å². The average molecular weight is 452 g/mol. The van der Waals surface area contributed by atoms with E-state index in [1.54, 1.807) is 55.3 Å². The number of hydrogen-bond donors (Lipinski definition) is 1. The fourth-order valence-corrected chi connectivity index (χ4v) is 5.00. The van der Waals surface area contributed by atoms with Gasteiger partial charge in [0, 0.05) is 37.3 Å². The summed E-state index contributed by atoms with van der Waals surface area (Å²) in [5, 5.41) is 3.78. The highest BCUT2D eigenvalue weighted by Gasteiger charge is 2.31. The highest BCUT2D eigenvalue weighted by Crippen LogP contribution is 2.31. The predicted molar refractivity (Wildman–Crippen MR) is 118 cm³/mol. The Hall–Kier alpha value is -2.29. The minimum atomic E-state index is -3.55. The van der Waals surface area contributed by atoms with Crippen LogP contribution in [0, 0.1) is 6.92 Å². The Morgan fingerprint density at radius 2 is 1.77 bits per heavy atom. The number of rotatable bonds is 6. The average Bonchev–Trinajstić information content (AvgIpc) is 2.76. The Labute approximate surface area is 182 Å². The van der Waals surface area contributed by atoms with Gasteiger partial charge in [-0.15, -0.1) is 0 Å². The lowest BCUT2D eigenvalue weighted by Gasteiger charge is -2.35. The zero-order chi connectivity index (χ0) is 21.9. The molecular formula is C21H26ClN3O4S. The lowest BCUT2D eigenvalue weighted by Crippen LogP contribution is -2.53. The Bertz CT molecular complexity index is 1010. The third-order valence-corrected chi connectivity index (χ3v) is 7.47. The SMILES string of the molecule is COc1cc(Cl)c(C)cc1NC(C)C(=O)N1CCN(S(=O)(=O)c2ccccc2)CC1. The first-order valence-corrected chi connectivity index (χ1v) is 11.5. The van der Waals surface area contributed by atoms with Crippen molar-refractivity contribution in [3.63, 3.8) is 0 Å². The molecule has 0 aromatic heterocycles. The molecular weight excluding hydrogens is 426 g/mol. The summed E-state index contributed by atoms with van der Waals surface area (Å²) >= 11 is 6.14. The van der Waals surface area contributed by atoms with Crippen molar-refractivity contribution in [1.82, 2.24) is 9.21 Å². The van der Waals surface area contributed by atoms with Crippen molar-refractivity contribution in [3.05, 3.63) is 53.1 Å². The Morgan fingerprint density at radius 1 is 1.13 bits per heavy atom. The summed E-state index contributed by atoms with van der Waals surface area (Å²) in [6.07, 6.45) is 0. The van der Waals surface area contributed by atoms with Crippen LogP contribution >= 0.6 is 11.6 Å². The van der Waals surface area contributed by atoms with Crippen molar-refractivity contribution < 1.29 is 17.9 Å². The van der Waals surface area contributed by atoms with E-state index in [1.165, 1.54) is 4.31 Å². The topological polar surface area (TPSA) is 79.0 Å². The summed E-state index contributed by atoms with van der Waals surface area (Å²) in [6, 6.07) is 11.4. The third kappa shape index (κ3) is 4.71. The normalized spacial score (nSPS) is 16.2.